The van der Waals surface area contributed by atoms with Crippen molar-refractivity contribution in [3.05, 3.63) is 35.9 Å². The maximum Gasteiger partial charge on any atom is 0.407 e. The summed E-state index contributed by atoms with van der Waals surface area (Å²) in [5, 5.41) is 12.5. The zero-order valence-electron chi connectivity index (χ0n) is 19.0. The van der Waals surface area contributed by atoms with Crippen molar-refractivity contribution in [3.63, 3.8) is 0 Å². The van der Waals surface area contributed by atoms with Crippen LogP contribution in [0.25, 0.3) is 5.65 Å². The first-order chi connectivity index (χ1) is 16.7. The number of hydrogen-bond acceptors (Lipinski definition) is 8. The van der Waals surface area contributed by atoms with Gasteiger partial charge < -0.3 is 20.1 Å². The summed E-state index contributed by atoms with van der Waals surface area (Å²) in [6.07, 6.45) is -1.02. The zero-order chi connectivity index (χ0) is 24.7. The fourth-order valence-electron chi connectivity index (χ4n) is 4.09. The minimum Gasteiger partial charge on any atom is -0.441 e. The molecule has 5 rings (SSSR count). The predicted molar refractivity (Wildman–Crippen MR) is 117 cm³/mol. The maximum atomic E-state index is 14.9. The molecule has 35 heavy (non-hydrogen) atoms. The number of carbonyl (C=O) groups excluding carboxylic acids is 1. The van der Waals surface area contributed by atoms with Gasteiger partial charge in [0.05, 0.1) is 31.1 Å². The number of anilines is 2. The van der Waals surface area contributed by atoms with E-state index in [1.54, 1.807) is 47.7 Å². The monoisotopic (exact) mass is 494 g/mol. The van der Waals surface area contributed by atoms with Crippen molar-refractivity contribution in [2.24, 2.45) is 0 Å². The number of hydrogen-bond donors (Lipinski definition) is 3. The summed E-state index contributed by atoms with van der Waals surface area (Å²) in [5.74, 6) is -1.89. The normalized spacial score (nSPS) is 24.0. The molecule has 11 nitrogen and oxygen atoms in total. The van der Waals surface area contributed by atoms with E-state index < -0.39 is 30.4 Å². The molecule has 0 bridgehead atoms. The summed E-state index contributed by atoms with van der Waals surface area (Å²) >= 11 is 0. The third-order valence-corrected chi connectivity index (χ3v) is 5.62. The predicted octanol–water partition coefficient (Wildman–Crippen LogP) is 2.56. The number of halogens is 3. The Labute approximate surface area is 198 Å². The minimum absolute atomic E-state index is 0.0826. The van der Waals surface area contributed by atoms with Gasteiger partial charge in [-0.1, -0.05) is 0 Å². The van der Waals surface area contributed by atoms with Crippen molar-refractivity contribution >= 4 is 23.5 Å². The number of carbonyl (C=O) groups is 1. The molecule has 0 aromatic carbocycles. The number of alkyl halides is 3. The standard InChI is InChI=1S/C21H25F3N8O3/c1-11(2)26-20(33)35-14-8-34-18(17(14)22)13-5-15(30-29-13)28-19-25-4-3-16-27-12(7-32(16)19)6-31-9-21(23,24)10-31/h3-5,7,11,14,17-18H,6,8-10H2,1-2H3,(H,26,33)(H2,25,28,29,30)/t14-,17+,18-/m1/s1. The van der Waals surface area contributed by atoms with Gasteiger partial charge in [0, 0.05) is 31.0 Å². The molecule has 0 aliphatic carbocycles. The molecular formula is C21H25F3N8O3. The Morgan fingerprint density at radius 1 is 1.40 bits per heavy atom. The number of nitrogens with zero attached hydrogens (tertiary/aromatic N) is 5. The molecule has 2 fully saturated rings. The highest BCUT2D eigenvalue weighted by molar-refractivity contribution is 5.67. The molecule has 2 aliphatic rings. The quantitative estimate of drug-likeness (QED) is 0.458. The van der Waals surface area contributed by atoms with Gasteiger partial charge in [-0.3, -0.25) is 14.4 Å². The Morgan fingerprint density at radius 3 is 2.94 bits per heavy atom. The first-order valence-corrected chi connectivity index (χ1v) is 11.2. The molecule has 0 spiro atoms. The highest BCUT2D eigenvalue weighted by Crippen LogP contribution is 2.33. The van der Waals surface area contributed by atoms with Crippen LogP contribution in [0, 0.1) is 0 Å². The van der Waals surface area contributed by atoms with Gasteiger partial charge >= 0.3 is 6.09 Å². The van der Waals surface area contributed by atoms with Gasteiger partial charge in [0.15, 0.2) is 18.1 Å². The SMILES string of the molecule is CC(C)NC(=O)O[C@@H]1CO[C@H](c2cc(Nc3nccc4nc(CN5CC(F)(F)C5)cn34)n[nH]2)[C@H]1F. The van der Waals surface area contributed by atoms with Crippen LogP contribution in [-0.2, 0) is 16.0 Å². The Kier molecular flexibility index (Phi) is 6.01. The highest BCUT2D eigenvalue weighted by Gasteiger charge is 2.44. The van der Waals surface area contributed by atoms with E-state index in [4.69, 9.17) is 9.47 Å². The molecule has 2 saturated heterocycles. The second-order valence-electron chi connectivity index (χ2n) is 9.00. The summed E-state index contributed by atoms with van der Waals surface area (Å²) in [4.78, 5) is 22.2. The number of amides is 1. The molecule has 5 heterocycles. The van der Waals surface area contributed by atoms with E-state index in [2.05, 4.69) is 30.8 Å². The number of nitrogens with one attached hydrogen (secondary N) is 3. The van der Waals surface area contributed by atoms with Crippen molar-refractivity contribution < 1.29 is 27.4 Å². The highest BCUT2D eigenvalue weighted by atomic mass is 19.3. The molecule has 0 radical (unpaired) electrons. The van der Waals surface area contributed by atoms with Crippen LogP contribution in [0.3, 0.4) is 0 Å². The molecule has 14 heteroatoms. The molecule has 0 saturated carbocycles. The molecule has 188 valence electrons. The second kappa shape index (κ2) is 9.00. The van der Waals surface area contributed by atoms with E-state index in [-0.39, 0.29) is 25.7 Å². The number of likely N-dealkylation sites (tertiary alicyclic amines) is 1. The second-order valence-corrected chi connectivity index (χ2v) is 9.00. The van der Waals surface area contributed by atoms with Crippen molar-refractivity contribution in [2.45, 2.75) is 50.7 Å². The Bertz CT molecular complexity index is 1210. The van der Waals surface area contributed by atoms with Gasteiger partial charge in [-0.05, 0) is 19.9 Å². The average molecular weight is 494 g/mol. The number of rotatable bonds is 7. The van der Waals surface area contributed by atoms with Gasteiger partial charge in [-0.2, -0.15) is 5.10 Å². The van der Waals surface area contributed by atoms with Crippen molar-refractivity contribution in [1.82, 2.24) is 34.8 Å². The minimum atomic E-state index is -2.64. The maximum absolute atomic E-state index is 14.9. The van der Waals surface area contributed by atoms with Crippen LogP contribution in [0.2, 0.25) is 0 Å². The average Bonchev–Trinajstić information content (AvgIpc) is 3.46. The third kappa shape index (κ3) is 5.03. The topological polar surface area (TPSA) is 122 Å². The van der Waals surface area contributed by atoms with Crippen LogP contribution in [0.1, 0.15) is 31.3 Å². The third-order valence-electron chi connectivity index (χ3n) is 5.62. The summed E-state index contributed by atoms with van der Waals surface area (Å²) in [5.41, 5.74) is 1.59. The summed E-state index contributed by atoms with van der Waals surface area (Å²) in [6, 6.07) is 3.14. The lowest BCUT2D eigenvalue weighted by Gasteiger charge is -2.38. The lowest BCUT2D eigenvalue weighted by Crippen LogP contribution is -2.55. The van der Waals surface area contributed by atoms with Crippen molar-refractivity contribution in [1.29, 1.82) is 0 Å². The van der Waals surface area contributed by atoms with Crippen LogP contribution >= 0.6 is 0 Å². The van der Waals surface area contributed by atoms with Gasteiger partial charge in [-0.25, -0.2) is 27.9 Å². The van der Waals surface area contributed by atoms with Crippen LogP contribution in [-0.4, -0.2) is 79.5 Å². The lowest BCUT2D eigenvalue weighted by atomic mass is 10.1. The van der Waals surface area contributed by atoms with E-state index in [9.17, 15) is 18.0 Å². The molecule has 3 aromatic rings. The summed E-state index contributed by atoms with van der Waals surface area (Å²) in [7, 11) is 0. The van der Waals surface area contributed by atoms with Crippen molar-refractivity contribution in [2.75, 3.05) is 25.0 Å². The largest absolute Gasteiger partial charge is 0.441 e. The van der Waals surface area contributed by atoms with E-state index >= 15 is 0 Å². The number of aromatic nitrogens is 5. The van der Waals surface area contributed by atoms with Crippen LogP contribution in [0.4, 0.5) is 29.7 Å². The van der Waals surface area contributed by atoms with Gasteiger partial charge in [-0.15, -0.1) is 0 Å². The van der Waals surface area contributed by atoms with E-state index in [0.717, 1.165) is 0 Å². The molecule has 0 unspecified atom stereocenters. The van der Waals surface area contributed by atoms with E-state index in [1.165, 1.54) is 0 Å². The van der Waals surface area contributed by atoms with Gasteiger partial charge in [0.25, 0.3) is 5.92 Å². The molecule has 3 aromatic heterocycles. The smallest absolute Gasteiger partial charge is 0.407 e. The zero-order valence-corrected chi connectivity index (χ0v) is 19.0. The molecule has 1 amide bonds. The van der Waals surface area contributed by atoms with Crippen LogP contribution < -0.4 is 10.6 Å². The Morgan fingerprint density at radius 2 is 2.20 bits per heavy atom. The number of fused-ring (bicyclic) bond motifs is 1. The first-order valence-electron chi connectivity index (χ1n) is 11.2. The fourth-order valence-corrected chi connectivity index (χ4v) is 4.09. The van der Waals surface area contributed by atoms with Crippen LogP contribution in [0.5, 0.6) is 0 Å². The molecule has 3 N–H and O–H groups in total. The molecular weight excluding hydrogens is 469 g/mol. The fraction of sp³-hybridized carbons (Fsp3) is 0.524. The lowest BCUT2D eigenvalue weighted by molar-refractivity contribution is -0.134. The van der Waals surface area contributed by atoms with E-state index in [1.807, 2.05) is 0 Å². The van der Waals surface area contributed by atoms with Gasteiger partial charge in [0.1, 0.15) is 11.8 Å². The Balaban J connectivity index is 1.24. The summed E-state index contributed by atoms with van der Waals surface area (Å²) in [6.45, 7) is 3.20. The summed E-state index contributed by atoms with van der Waals surface area (Å²) < 4.78 is 53.4. The Hall–Kier alpha value is -3.39. The van der Waals surface area contributed by atoms with Crippen LogP contribution in [0.15, 0.2) is 24.5 Å². The first kappa shape index (κ1) is 23.4. The molecule has 3 atom stereocenters. The van der Waals surface area contributed by atoms with E-state index in [0.29, 0.717) is 35.3 Å². The number of aromatic amines is 1. The number of alkyl carbamates (subject to hydrolysis) is 1. The molecule has 2 aliphatic heterocycles. The van der Waals surface area contributed by atoms with Gasteiger partial charge in [0.2, 0.25) is 5.95 Å². The number of imidazole rings is 1. The number of H-pyrrole nitrogens is 1. The number of ether oxygens (including phenoxy) is 2. The van der Waals surface area contributed by atoms with Crippen molar-refractivity contribution in [3.8, 4) is 0 Å².